The third kappa shape index (κ3) is 2.84. The van der Waals surface area contributed by atoms with Gasteiger partial charge in [-0.3, -0.25) is 0 Å². The number of hydrogen-bond acceptors (Lipinski definition) is 3. The van der Waals surface area contributed by atoms with Crippen molar-refractivity contribution >= 4 is 20.9 Å². The molecule has 1 saturated heterocycles. The van der Waals surface area contributed by atoms with Crippen molar-refractivity contribution in [2.75, 3.05) is 13.1 Å². The van der Waals surface area contributed by atoms with Crippen LogP contribution >= 0.6 is 0 Å². The number of halogens is 1. The molecule has 2 aromatic carbocycles. The monoisotopic (exact) mass is 360 g/mol. The Balaban J connectivity index is 1.68. The molecule has 0 amide bonds. The Kier molecular flexibility index (Phi) is 3.87. The van der Waals surface area contributed by atoms with E-state index in [4.69, 9.17) is 0 Å². The fourth-order valence-corrected chi connectivity index (χ4v) is 4.71. The minimum atomic E-state index is -3.59. The van der Waals surface area contributed by atoms with Gasteiger partial charge in [-0.1, -0.05) is 12.1 Å². The summed E-state index contributed by atoms with van der Waals surface area (Å²) in [5, 5.41) is 10.4. The van der Waals surface area contributed by atoms with E-state index in [0.29, 0.717) is 18.5 Å². The number of hydrogen-bond donors (Lipinski definition) is 2. The lowest BCUT2D eigenvalue weighted by Gasteiger charge is -2.15. The highest BCUT2D eigenvalue weighted by atomic mass is 32.2. The van der Waals surface area contributed by atoms with E-state index in [-0.39, 0.29) is 17.3 Å². The number of H-pyrrole nitrogens is 1. The van der Waals surface area contributed by atoms with Gasteiger partial charge in [-0.25, -0.2) is 12.8 Å². The maximum Gasteiger partial charge on any atom is 0.243 e. The van der Waals surface area contributed by atoms with Gasteiger partial charge >= 0.3 is 0 Å². The highest BCUT2D eigenvalue weighted by molar-refractivity contribution is 7.89. The summed E-state index contributed by atoms with van der Waals surface area (Å²) in [6.45, 7) is 0.470. The fourth-order valence-electron chi connectivity index (χ4n) is 3.22. The van der Waals surface area contributed by atoms with Crippen LogP contribution in [0.25, 0.3) is 22.0 Å². The molecule has 2 N–H and O–H groups in total. The number of sulfonamides is 1. The molecule has 1 aromatic heterocycles. The summed E-state index contributed by atoms with van der Waals surface area (Å²) in [6.07, 6.45) is 1.65. The van der Waals surface area contributed by atoms with Gasteiger partial charge in [0, 0.05) is 35.8 Å². The molecule has 4 rings (SSSR count). The van der Waals surface area contributed by atoms with Gasteiger partial charge in [-0.2, -0.15) is 4.31 Å². The first-order valence-corrected chi connectivity index (χ1v) is 9.44. The van der Waals surface area contributed by atoms with E-state index in [2.05, 4.69) is 4.98 Å². The molecule has 7 heteroatoms. The number of aliphatic hydroxyl groups is 1. The lowest BCUT2D eigenvalue weighted by Crippen LogP contribution is -2.29. The first-order valence-electron chi connectivity index (χ1n) is 8.00. The van der Waals surface area contributed by atoms with Crippen molar-refractivity contribution in [1.29, 1.82) is 0 Å². The van der Waals surface area contributed by atoms with E-state index >= 15 is 0 Å². The van der Waals surface area contributed by atoms with Gasteiger partial charge in [0.25, 0.3) is 0 Å². The molecule has 0 saturated carbocycles. The quantitative estimate of drug-likeness (QED) is 0.754. The van der Waals surface area contributed by atoms with Gasteiger partial charge in [0.1, 0.15) is 5.82 Å². The van der Waals surface area contributed by atoms with Crippen LogP contribution in [0, 0.1) is 5.82 Å². The highest BCUT2D eigenvalue weighted by Crippen LogP contribution is 2.30. The SMILES string of the molecule is O=S(=O)(c1ccc(-c2c[nH]c3cc(F)ccc23)cc1)N1CC[C@@H](O)C1. The molecular weight excluding hydrogens is 343 g/mol. The summed E-state index contributed by atoms with van der Waals surface area (Å²) < 4.78 is 39.8. The third-order valence-electron chi connectivity index (χ3n) is 4.57. The van der Waals surface area contributed by atoms with E-state index in [1.807, 2.05) is 0 Å². The molecule has 1 fully saturated rings. The first kappa shape index (κ1) is 16.3. The Morgan fingerprint density at radius 1 is 1.16 bits per heavy atom. The molecule has 25 heavy (non-hydrogen) atoms. The lowest BCUT2D eigenvalue weighted by molar-refractivity contribution is 0.189. The molecular formula is C18H17FN2O3S. The number of β-amino-alcohol motifs (C(OH)–C–C–N with tert-alkyl or cyclic N) is 1. The van der Waals surface area contributed by atoms with Crippen molar-refractivity contribution in [2.24, 2.45) is 0 Å². The average Bonchev–Trinajstić information content (AvgIpc) is 3.21. The Labute approximate surface area is 144 Å². The third-order valence-corrected chi connectivity index (χ3v) is 6.45. The summed E-state index contributed by atoms with van der Waals surface area (Å²) >= 11 is 0. The zero-order valence-corrected chi connectivity index (χ0v) is 14.1. The van der Waals surface area contributed by atoms with Crippen LogP contribution in [0.2, 0.25) is 0 Å². The number of benzene rings is 2. The van der Waals surface area contributed by atoms with Gasteiger partial charge in [0.05, 0.1) is 11.0 Å². The summed E-state index contributed by atoms with van der Waals surface area (Å²) in [6, 6.07) is 11.1. The Bertz CT molecular complexity index is 1030. The standard InChI is InChI=1S/C18H17FN2O3S/c19-13-3-6-16-17(10-20-18(16)9-13)12-1-4-15(5-2-12)25(23,24)21-8-7-14(22)11-21/h1-6,9-10,14,20,22H,7-8,11H2/t14-/m1/s1. The zero-order chi connectivity index (χ0) is 17.6. The van der Waals surface area contributed by atoms with Crippen LogP contribution in [-0.4, -0.2) is 42.0 Å². The van der Waals surface area contributed by atoms with Crippen molar-refractivity contribution in [3.63, 3.8) is 0 Å². The van der Waals surface area contributed by atoms with Crippen LogP contribution in [-0.2, 0) is 10.0 Å². The predicted molar refractivity (Wildman–Crippen MR) is 93.1 cm³/mol. The van der Waals surface area contributed by atoms with Gasteiger partial charge in [0.2, 0.25) is 10.0 Å². The van der Waals surface area contributed by atoms with Gasteiger partial charge < -0.3 is 10.1 Å². The molecule has 3 aromatic rings. The lowest BCUT2D eigenvalue weighted by atomic mass is 10.1. The van der Waals surface area contributed by atoms with E-state index in [1.54, 1.807) is 36.5 Å². The summed E-state index contributed by atoms with van der Waals surface area (Å²) in [5.41, 5.74) is 2.42. The molecule has 1 aliphatic heterocycles. The van der Waals surface area contributed by atoms with Crippen molar-refractivity contribution < 1.29 is 17.9 Å². The maximum absolute atomic E-state index is 13.3. The normalized spacial score (nSPS) is 18.9. The number of nitrogens with one attached hydrogen (secondary N) is 1. The predicted octanol–water partition coefficient (Wildman–Crippen LogP) is 2.73. The minimum absolute atomic E-state index is 0.137. The van der Waals surface area contributed by atoms with Gasteiger partial charge in [-0.05, 0) is 42.3 Å². The van der Waals surface area contributed by atoms with Gasteiger partial charge in [0.15, 0.2) is 0 Å². The van der Waals surface area contributed by atoms with Crippen LogP contribution < -0.4 is 0 Å². The summed E-state index contributed by atoms with van der Waals surface area (Å²) in [7, 11) is -3.59. The Morgan fingerprint density at radius 3 is 2.60 bits per heavy atom. The number of rotatable bonds is 3. The Hall–Kier alpha value is -2.22. The molecule has 0 bridgehead atoms. The van der Waals surface area contributed by atoms with Crippen molar-refractivity contribution in [2.45, 2.75) is 17.4 Å². The van der Waals surface area contributed by atoms with E-state index in [1.165, 1.54) is 16.4 Å². The van der Waals surface area contributed by atoms with Crippen LogP contribution in [0.5, 0.6) is 0 Å². The van der Waals surface area contributed by atoms with Crippen molar-refractivity contribution in [3.8, 4) is 11.1 Å². The van der Waals surface area contributed by atoms with Crippen LogP contribution in [0.3, 0.4) is 0 Å². The molecule has 0 aliphatic carbocycles. The number of fused-ring (bicyclic) bond motifs is 1. The number of aromatic nitrogens is 1. The second kappa shape index (κ2) is 5.94. The van der Waals surface area contributed by atoms with Crippen molar-refractivity contribution in [3.05, 3.63) is 54.5 Å². The molecule has 0 radical (unpaired) electrons. The van der Waals surface area contributed by atoms with Gasteiger partial charge in [-0.15, -0.1) is 0 Å². The first-order chi connectivity index (χ1) is 11.9. The largest absolute Gasteiger partial charge is 0.392 e. The molecule has 130 valence electrons. The molecule has 1 aliphatic rings. The second-order valence-electron chi connectivity index (χ2n) is 6.22. The molecule has 2 heterocycles. The highest BCUT2D eigenvalue weighted by Gasteiger charge is 2.31. The fraction of sp³-hybridized carbons (Fsp3) is 0.222. The molecule has 5 nitrogen and oxygen atoms in total. The average molecular weight is 360 g/mol. The smallest absolute Gasteiger partial charge is 0.243 e. The Morgan fingerprint density at radius 2 is 1.92 bits per heavy atom. The van der Waals surface area contributed by atoms with Crippen LogP contribution in [0.15, 0.2) is 53.6 Å². The maximum atomic E-state index is 13.3. The molecule has 0 spiro atoms. The topological polar surface area (TPSA) is 73.4 Å². The summed E-state index contributed by atoms with van der Waals surface area (Å²) in [4.78, 5) is 3.23. The second-order valence-corrected chi connectivity index (χ2v) is 8.16. The number of nitrogens with zero attached hydrogens (tertiary/aromatic N) is 1. The molecule has 0 unspecified atom stereocenters. The zero-order valence-electron chi connectivity index (χ0n) is 13.3. The number of aromatic amines is 1. The van der Waals surface area contributed by atoms with Crippen molar-refractivity contribution in [1.82, 2.24) is 9.29 Å². The van der Waals surface area contributed by atoms with Crippen LogP contribution in [0.4, 0.5) is 4.39 Å². The number of aliphatic hydroxyl groups excluding tert-OH is 1. The van der Waals surface area contributed by atoms with Crippen LogP contribution in [0.1, 0.15) is 6.42 Å². The molecule has 1 atom stereocenters. The van der Waals surface area contributed by atoms with E-state index < -0.39 is 16.1 Å². The minimum Gasteiger partial charge on any atom is -0.392 e. The van der Waals surface area contributed by atoms with E-state index in [9.17, 15) is 17.9 Å². The van der Waals surface area contributed by atoms with E-state index in [0.717, 1.165) is 16.5 Å². The summed E-state index contributed by atoms with van der Waals surface area (Å²) in [5.74, 6) is -0.310.